The van der Waals surface area contributed by atoms with E-state index in [1.165, 1.54) is 0 Å². The van der Waals surface area contributed by atoms with Gasteiger partial charge in [-0.1, -0.05) is 0 Å². The maximum atomic E-state index is 7.38. The normalized spacial score (nSPS) is 10.9. The van der Waals surface area contributed by atoms with Crippen molar-refractivity contribution in [2.24, 2.45) is 0 Å². The van der Waals surface area contributed by atoms with Crippen molar-refractivity contribution in [1.29, 1.82) is 0 Å². The first kappa shape index (κ1) is 19.3. The monoisotopic (exact) mass is 372 g/mol. The molecule has 0 spiro atoms. The minimum absolute atomic E-state index is 0. The van der Waals surface area contributed by atoms with Gasteiger partial charge in [-0.2, -0.15) is 0 Å². The van der Waals surface area contributed by atoms with E-state index in [0.29, 0.717) is 0 Å². The van der Waals surface area contributed by atoms with Crippen molar-refractivity contribution in [1.82, 2.24) is 0 Å². The predicted molar refractivity (Wildman–Crippen MR) is 26.3 cm³/mol. The average Bonchev–Trinajstić information content (AvgIpc) is 1.12. The minimum atomic E-state index is -5.00. The van der Waals surface area contributed by atoms with Gasteiger partial charge in [0.2, 0.25) is 0 Å². The van der Waals surface area contributed by atoms with Crippen LogP contribution in [-0.2, 0) is 36.3 Å². The molecule has 0 aromatic heterocycles. The van der Waals surface area contributed by atoms with Crippen molar-refractivity contribution in [2.45, 2.75) is 0 Å². The summed E-state index contributed by atoms with van der Waals surface area (Å²) in [6.07, 6.45) is 0. The second-order valence-corrected chi connectivity index (χ2v) is 4.95. The van der Waals surface area contributed by atoms with Gasteiger partial charge in [-0.15, -0.1) is 0 Å². The van der Waals surface area contributed by atoms with Gasteiger partial charge in [-0.3, -0.25) is 0 Å². The summed E-state index contributed by atoms with van der Waals surface area (Å²) in [6.45, 7) is 0. The molecular formula is H10BaO8Ti2. The van der Waals surface area contributed by atoms with Gasteiger partial charge in [0, 0.05) is 0 Å². The van der Waals surface area contributed by atoms with Crippen LogP contribution in [0.3, 0.4) is 0 Å². The Kier molecular flexibility index (Phi) is 14.1. The van der Waals surface area contributed by atoms with E-state index in [2.05, 4.69) is 0 Å². The zero-order valence-corrected chi connectivity index (χ0v) is 7.70. The summed E-state index contributed by atoms with van der Waals surface area (Å²) in [5.74, 6) is 0. The molecule has 0 aliphatic heterocycles. The molecule has 8 nitrogen and oxygen atoms in total. The molecule has 0 aliphatic carbocycles. The van der Waals surface area contributed by atoms with Crippen LogP contribution in [0.25, 0.3) is 0 Å². The second-order valence-electron chi connectivity index (χ2n) is 1.20. The Morgan fingerprint density at radius 3 is 0.455 bits per heavy atom. The van der Waals surface area contributed by atoms with Crippen LogP contribution in [0.4, 0.5) is 0 Å². The molecule has 0 aromatic rings. The number of rotatable bonds is 0. The summed E-state index contributed by atoms with van der Waals surface area (Å²) in [5.41, 5.74) is 0. The Hall–Kier alpha value is 2.68. The SMILES string of the molecule is [BaH2].[OH][Ti]([OH])([OH])[OH].[OH][Ti]([OH])([OH])[OH]. The Balaban J connectivity index is -0.000000107. The summed E-state index contributed by atoms with van der Waals surface area (Å²) in [6, 6.07) is 0. The predicted octanol–water partition coefficient (Wildman–Crippen LogP) is -5.38. The fourth-order valence-electron chi connectivity index (χ4n) is 0. The van der Waals surface area contributed by atoms with Crippen molar-refractivity contribution >= 4 is 48.9 Å². The standard InChI is InChI=1S/Ba.8H2O.2Ti.2H/h;8*1H2;;;;/q;;;;;;;;;2*+4;;/p-8. The van der Waals surface area contributed by atoms with Crippen molar-refractivity contribution in [2.75, 3.05) is 0 Å². The third-order valence-corrected chi connectivity index (χ3v) is 0. The molecule has 0 radical (unpaired) electrons. The molecule has 0 bridgehead atoms. The first-order valence-corrected chi connectivity index (χ1v) is 7.38. The summed E-state index contributed by atoms with van der Waals surface area (Å²) in [5, 5.41) is 0. The van der Waals surface area contributed by atoms with Crippen LogP contribution in [0, 0.1) is 0 Å². The Morgan fingerprint density at radius 1 is 0.455 bits per heavy atom. The summed E-state index contributed by atoms with van der Waals surface area (Å²) >= 11 is -10.0. The van der Waals surface area contributed by atoms with E-state index in [1.807, 2.05) is 0 Å². The average molecular weight is 371 g/mol. The van der Waals surface area contributed by atoms with E-state index in [9.17, 15) is 0 Å². The van der Waals surface area contributed by atoms with Gasteiger partial charge in [0.15, 0.2) is 0 Å². The molecule has 0 saturated heterocycles. The van der Waals surface area contributed by atoms with E-state index < -0.39 is 36.3 Å². The maximum absolute atomic E-state index is 7.38. The van der Waals surface area contributed by atoms with Crippen LogP contribution in [0.5, 0.6) is 0 Å². The number of hydrogen-bond donors (Lipinski definition) is 8. The molecule has 0 unspecified atom stereocenters. The van der Waals surface area contributed by atoms with E-state index in [-0.39, 0.29) is 48.9 Å². The van der Waals surface area contributed by atoms with Crippen LogP contribution >= 0.6 is 0 Å². The quantitative estimate of drug-likeness (QED) is 0.196. The zero-order valence-electron chi connectivity index (χ0n) is 4.58. The molecule has 0 saturated carbocycles. The van der Waals surface area contributed by atoms with Gasteiger partial charge in [-0.05, 0) is 0 Å². The van der Waals surface area contributed by atoms with Gasteiger partial charge >= 0.3 is 115 Å². The van der Waals surface area contributed by atoms with Crippen molar-refractivity contribution < 1.29 is 65.8 Å². The van der Waals surface area contributed by atoms with Gasteiger partial charge in [0.05, 0.1) is 0 Å². The Morgan fingerprint density at radius 2 is 0.455 bits per heavy atom. The molecule has 0 fully saturated rings. The molecule has 0 heterocycles. The molecule has 68 valence electrons. The summed E-state index contributed by atoms with van der Waals surface area (Å²) in [4.78, 5) is 0. The molecule has 11 heteroatoms. The molecule has 0 atom stereocenters. The van der Waals surface area contributed by atoms with E-state index >= 15 is 0 Å². The van der Waals surface area contributed by atoms with E-state index in [0.717, 1.165) is 0 Å². The topological polar surface area (TPSA) is 162 Å². The molecule has 0 aromatic carbocycles. The van der Waals surface area contributed by atoms with Crippen molar-refractivity contribution in [3.8, 4) is 0 Å². The van der Waals surface area contributed by atoms with Gasteiger partial charge in [0.1, 0.15) is 0 Å². The van der Waals surface area contributed by atoms with Crippen LogP contribution in [0.2, 0.25) is 0 Å². The molecule has 8 N–H and O–H groups in total. The summed E-state index contributed by atoms with van der Waals surface area (Å²) < 4.78 is 59.0. The first-order chi connectivity index (χ1) is 4.00. The zero-order chi connectivity index (χ0) is 9.00. The van der Waals surface area contributed by atoms with Gasteiger partial charge < -0.3 is 0 Å². The first-order valence-electron chi connectivity index (χ1n) is 1.79. The van der Waals surface area contributed by atoms with Gasteiger partial charge in [0.25, 0.3) is 0 Å². The second kappa shape index (κ2) is 8.03. The van der Waals surface area contributed by atoms with E-state index in [1.54, 1.807) is 0 Å². The van der Waals surface area contributed by atoms with Crippen LogP contribution in [0.1, 0.15) is 0 Å². The van der Waals surface area contributed by atoms with Crippen LogP contribution < -0.4 is 0 Å². The summed E-state index contributed by atoms with van der Waals surface area (Å²) in [7, 11) is 0. The molecule has 0 amide bonds. The third kappa shape index (κ3) is 201. The van der Waals surface area contributed by atoms with Crippen molar-refractivity contribution in [3.05, 3.63) is 0 Å². The Labute approximate surface area is 112 Å². The Bertz CT molecular complexity index is 55.1. The molecule has 0 rings (SSSR count). The van der Waals surface area contributed by atoms with Crippen LogP contribution in [0.15, 0.2) is 0 Å². The fourth-order valence-corrected chi connectivity index (χ4v) is 0. The molecular weight excluding hydrogens is 361 g/mol. The van der Waals surface area contributed by atoms with Crippen molar-refractivity contribution in [3.63, 3.8) is 0 Å². The molecule has 0 aliphatic rings. The van der Waals surface area contributed by atoms with E-state index in [4.69, 9.17) is 29.5 Å². The fraction of sp³-hybridized carbons (Fsp3) is 0. The van der Waals surface area contributed by atoms with Gasteiger partial charge in [-0.25, -0.2) is 0 Å². The number of hydrogen-bond acceptors (Lipinski definition) is 8. The van der Waals surface area contributed by atoms with Crippen LogP contribution in [-0.4, -0.2) is 78.4 Å². The third-order valence-electron chi connectivity index (χ3n) is 0. The molecule has 11 heavy (non-hydrogen) atoms.